The second-order valence-electron chi connectivity index (χ2n) is 6.37. The van der Waals surface area contributed by atoms with Gasteiger partial charge >= 0.3 is 0 Å². The summed E-state index contributed by atoms with van der Waals surface area (Å²) in [6.45, 7) is 7.50. The fourth-order valence-corrected chi connectivity index (χ4v) is 3.35. The van der Waals surface area contributed by atoms with E-state index in [-0.39, 0.29) is 11.9 Å². The number of hydrogen-bond acceptors (Lipinski definition) is 5. The molecule has 1 fully saturated rings. The van der Waals surface area contributed by atoms with E-state index in [2.05, 4.69) is 14.9 Å². The molecule has 3 rings (SSSR count). The number of nitrogens with zero attached hydrogens (tertiary/aromatic N) is 4. The van der Waals surface area contributed by atoms with Crippen LogP contribution in [0.2, 0.25) is 0 Å². The van der Waals surface area contributed by atoms with Gasteiger partial charge in [-0.25, -0.2) is 9.97 Å². The van der Waals surface area contributed by atoms with Crippen molar-refractivity contribution in [2.75, 3.05) is 31.6 Å². The van der Waals surface area contributed by atoms with E-state index in [4.69, 9.17) is 4.74 Å². The first-order valence-corrected chi connectivity index (χ1v) is 8.47. The van der Waals surface area contributed by atoms with Crippen molar-refractivity contribution < 1.29 is 9.53 Å². The normalized spacial score (nSPS) is 17.5. The minimum atomic E-state index is -0.0463. The number of rotatable bonds is 3. The molecule has 1 unspecified atom stereocenters. The highest BCUT2D eigenvalue weighted by Crippen LogP contribution is 2.34. The van der Waals surface area contributed by atoms with Crippen LogP contribution in [-0.2, 0) is 4.79 Å². The molecule has 2 aromatic rings. The smallest absolute Gasteiger partial charge is 0.226 e. The molecule has 1 aromatic carbocycles. The van der Waals surface area contributed by atoms with Crippen molar-refractivity contribution in [2.45, 2.75) is 26.8 Å². The fraction of sp³-hybridized carbons (Fsp3) is 0.421. The number of ether oxygens (including phenoxy) is 1. The van der Waals surface area contributed by atoms with Gasteiger partial charge in [0.2, 0.25) is 11.9 Å². The second kappa shape index (κ2) is 7.09. The van der Waals surface area contributed by atoms with Crippen LogP contribution in [-0.4, -0.2) is 47.5 Å². The highest BCUT2D eigenvalue weighted by atomic mass is 16.5. The van der Waals surface area contributed by atoms with Crippen LogP contribution in [0.15, 0.2) is 30.3 Å². The minimum absolute atomic E-state index is 0.0463. The molecule has 0 spiro atoms. The Labute approximate surface area is 148 Å². The van der Waals surface area contributed by atoms with Gasteiger partial charge in [-0.2, -0.15) is 0 Å². The maximum Gasteiger partial charge on any atom is 0.226 e. The SMILES string of the molecule is COc1ccccc1C1CN(C(C)=O)CCN1c1nc(C)cc(C)n1. The molecule has 132 valence electrons. The third-order valence-corrected chi connectivity index (χ3v) is 4.55. The number of aryl methyl sites for hydroxylation is 2. The third kappa shape index (κ3) is 3.57. The Kier molecular flexibility index (Phi) is 4.88. The van der Waals surface area contributed by atoms with Gasteiger partial charge < -0.3 is 14.5 Å². The molecule has 0 bridgehead atoms. The highest BCUT2D eigenvalue weighted by Gasteiger charge is 2.32. The Morgan fingerprint density at radius 1 is 1.16 bits per heavy atom. The zero-order valence-corrected chi connectivity index (χ0v) is 15.2. The van der Waals surface area contributed by atoms with E-state index in [0.29, 0.717) is 25.6 Å². The van der Waals surface area contributed by atoms with Crippen molar-refractivity contribution in [3.63, 3.8) is 0 Å². The van der Waals surface area contributed by atoms with Crippen molar-refractivity contribution in [3.8, 4) is 5.75 Å². The molecule has 25 heavy (non-hydrogen) atoms. The zero-order chi connectivity index (χ0) is 18.0. The summed E-state index contributed by atoms with van der Waals surface area (Å²) < 4.78 is 5.56. The number of carbonyl (C=O) groups excluding carboxylic acids is 1. The average Bonchev–Trinajstić information content (AvgIpc) is 2.60. The lowest BCUT2D eigenvalue weighted by Gasteiger charge is -2.41. The van der Waals surface area contributed by atoms with E-state index in [1.165, 1.54) is 0 Å². The number of aromatic nitrogens is 2. The summed E-state index contributed by atoms with van der Waals surface area (Å²) >= 11 is 0. The van der Waals surface area contributed by atoms with Crippen molar-refractivity contribution in [1.29, 1.82) is 0 Å². The molecule has 6 nitrogen and oxygen atoms in total. The van der Waals surface area contributed by atoms with Gasteiger partial charge in [-0.05, 0) is 26.0 Å². The Balaban J connectivity index is 2.04. The predicted molar refractivity (Wildman–Crippen MR) is 96.8 cm³/mol. The van der Waals surface area contributed by atoms with E-state index < -0.39 is 0 Å². The first-order chi connectivity index (χ1) is 12.0. The number of hydrogen-bond donors (Lipinski definition) is 0. The van der Waals surface area contributed by atoms with Crippen LogP contribution in [0.3, 0.4) is 0 Å². The van der Waals surface area contributed by atoms with Gasteiger partial charge in [0.15, 0.2) is 0 Å². The van der Waals surface area contributed by atoms with Gasteiger partial charge in [0.05, 0.1) is 13.2 Å². The summed E-state index contributed by atoms with van der Waals surface area (Å²) in [6.07, 6.45) is 0. The summed E-state index contributed by atoms with van der Waals surface area (Å²) in [4.78, 5) is 25.2. The third-order valence-electron chi connectivity index (χ3n) is 4.55. The van der Waals surface area contributed by atoms with Crippen molar-refractivity contribution >= 4 is 11.9 Å². The van der Waals surface area contributed by atoms with Gasteiger partial charge in [0, 0.05) is 43.5 Å². The Bertz CT molecular complexity index is 758. The minimum Gasteiger partial charge on any atom is -0.496 e. The first-order valence-electron chi connectivity index (χ1n) is 8.47. The molecule has 1 aliphatic rings. The summed E-state index contributed by atoms with van der Waals surface area (Å²) in [5.74, 6) is 1.60. The van der Waals surface area contributed by atoms with Crippen LogP contribution >= 0.6 is 0 Å². The van der Waals surface area contributed by atoms with Crippen LogP contribution in [0.5, 0.6) is 5.75 Å². The molecule has 1 aliphatic heterocycles. The summed E-state index contributed by atoms with van der Waals surface area (Å²) in [7, 11) is 1.67. The number of benzene rings is 1. The monoisotopic (exact) mass is 340 g/mol. The summed E-state index contributed by atoms with van der Waals surface area (Å²) in [5.41, 5.74) is 2.92. The number of piperazine rings is 1. The molecule has 2 heterocycles. The van der Waals surface area contributed by atoms with Gasteiger partial charge in [-0.1, -0.05) is 18.2 Å². The predicted octanol–water partition coefficient (Wildman–Crippen LogP) is 2.51. The van der Waals surface area contributed by atoms with Crippen LogP contribution in [0.4, 0.5) is 5.95 Å². The van der Waals surface area contributed by atoms with Crippen LogP contribution < -0.4 is 9.64 Å². The molecule has 1 amide bonds. The Morgan fingerprint density at radius 2 is 1.84 bits per heavy atom. The second-order valence-corrected chi connectivity index (χ2v) is 6.37. The van der Waals surface area contributed by atoms with Gasteiger partial charge in [0.1, 0.15) is 5.75 Å². The van der Waals surface area contributed by atoms with E-state index in [1.54, 1.807) is 14.0 Å². The fourth-order valence-electron chi connectivity index (χ4n) is 3.35. The maximum atomic E-state index is 11.9. The lowest BCUT2D eigenvalue weighted by Crippen LogP contribution is -2.50. The number of anilines is 1. The lowest BCUT2D eigenvalue weighted by molar-refractivity contribution is -0.129. The first kappa shape index (κ1) is 17.2. The van der Waals surface area contributed by atoms with E-state index >= 15 is 0 Å². The lowest BCUT2D eigenvalue weighted by atomic mass is 10.0. The zero-order valence-electron chi connectivity index (χ0n) is 15.2. The van der Waals surface area contributed by atoms with Crippen molar-refractivity contribution in [3.05, 3.63) is 47.3 Å². The molecule has 0 N–H and O–H groups in total. The molecular weight excluding hydrogens is 316 g/mol. The summed E-state index contributed by atoms with van der Waals surface area (Å²) in [5, 5.41) is 0. The molecule has 0 saturated carbocycles. The standard InChI is InChI=1S/C19H24N4O2/c1-13-11-14(2)21-19(20-13)23-10-9-22(15(3)24)12-17(23)16-7-5-6-8-18(16)25-4/h5-8,11,17H,9-10,12H2,1-4H3. The molecular formula is C19H24N4O2. The van der Waals surface area contributed by atoms with E-state index in [0.717, 1.165) is 22.7 Å². The highest BCUT2D eigenvalue weighted by molar-refractivity contribution is 5.73. The van der Waals surface area contributed by atoms with Crippen molar-refractivity contribution in [2.24, 2.45) is 0 Å². The number of methoxy groups -OCH3 is 1. The van der Waals surface area contributed by atoms with E-state index in [9.17, 15) is 4.79 Å². The number of carbonyl (C=O) groups is 1. The number of para-hydroxylation sites is 1. The Hall–Kier alpha value is -2.63. The average molecular weight is 340 g/mol. The van der Waals surface area contributed by atoms with Gasteiger partial charge in [-0.3, -0.25) is 4.79 Å². The quantitative estimate of drug-likeness (QED) is 0.859. The van der Waals surface area contributed by atoms with E-state index in [1.807, 2.05) is 49.1 Å². The number of amides is 1. The topological polar surface area (TPSA) is 58.6 Å². The van der Waals surface area contributed by atoms with Crippen LogP contribution in [0.1, 0.15) is 29.9 Å². The van der Waals surface area contributed by atoms with Crippen LogP contribution in [0.25, 0.3) is 0 Å². The largest absolute Gasteiger partial charge is 0.496 e. The van der Waals surface area contributed by atoms with Crippen molar-refractivity contribution in [1.82, 2.24) is 14.9 Å². The van der Waals surface area contributed by atoms with Crippen LogP contribution in [0, 0.1) is 13.8 Å². The molecule has 1 atom stereocenters. The van der Waals surface area contributed by atoms with Gasteiger partial charge in [-0.15, -0.1) is 0 Å². The molecule has 0 aliphatic carbocycles. The Morgan fingerprint density at radius 3 is 2.48 bits per heavy atom. The molecule has 6 heteroatoms. The van der Waals surface area contributed by atoms with Gasteiger partial charge in [0.25, 0.3) is 0 Å². The molecule has 0 radical (unpaired) electrons. The molecule has 1 aromatic heterocycles. The summed E-state index contributed by atoms with van der Waals surface area (Å²) in [6, 6.07) is 9.85. The molecule has 1 saturated heterocycles. The maximum absolute atomic E-state index is 11.9.